The smallest absolute Gasteiger partial charge is 0.319 e. The highest BCUT2D eigenvalue weighted by atomic mass is 16.2. The second kappa shape index (κ2) is 6.79. The van der Waals surface area contributed by atoms with Crippen LogP contribution in [0.4, 0.5) is 16.2 Å². The Bertz CT molecular complexity index is 1070. The summed E-state index contributed by atoms with van der Waals surface area (Å²) in [7, 11) is 3.79. The van der Waals surface area contributed by atoms with Crippen molar-refractivity contribution in [3.63, 3.8) is 0 Å². The van der Waals surface area contributed by atoms with Crippen molar-refractivity contribution in [3.05, 3.63) is 70.5 Å². The molecule has 1 atom stereocenters. The maximum Gasteiger partial charge on any atom is 0.319 e. The predicted molar refractivity (Wildman–Crippen MR) is 108 cm³/mol. The van der Waals surface area contributed by atoms with Crippen LogP contribution in [0.3, 0.4) is 0 Å². The fourth-order valence-electron chi connectivity index (χ4n) is 3.65. The van der Waals surface area contributed by atoms with E-state index in [0.29, 0.717) is 5.69 Å². The molecule has 138 valence electrons. The summed E-state index contributed by atoms with van der Waals surface area (Å²) in [6, 6.07) is 16.7. The summed E-state index contributed by atoms with van der Waals surface area (Å²) in [6.45, 7) is 0.889. The van der Waals surface area contributed by atoms with Crippen molar-refractivity contribution in [1.82, 2.24) is 9.88 Å². The Kier molecular flexibility index (Phi) is 4.32. The molecule has 3 aromatic rings. The number of hydrogen-bond acceptors (Lipinski definition) is 3. The number of fused-ring (bicyclic) bond motifs is 2. The van der Waals surface area contributed by atoms with Gasteiger partial charge >= 0.3 is 6.03 Å². The summed E-state index contributed by atoms with van der Waals surface area (Å²) < 4.78 is 1.58. The third-order valence-corrected chi connectivity index (χ3v) is 5.17. The number of pyridine rings is 1. The number of anilines is 2. The Hall–Kier alpha value is -3.28. The minimum atomic E-state index is -0.250. The molecule has 1 aromatic heterocycles. The number of para-hydroxylation sites is 1. The van der Waals surface area contributed by atoms with Gasteiger partial charge in [-0.05, 0) is 41.6 Å². The lowest BCUT2D eigenvalue weighted by Crippen LogP contribution is -2.38. The first kappa shape index (κ1) is 17.1. The van der Waals surface area contributed by atoms with Crippen molar-refractivity contribution >= 4 is 28.3 Å². The largest absolute Gasteiger partial charge is 0.374 e. The third kappa shape index (κ3) is 3.26. The molecule has 1 unspecified atom stereocenters. The molecule has 6 nitrogen and oxygen atoms in total. The van der Waals surface area contributed by atoms with Crippen molar-refractivity contribution in [3.8, 4) is 0 Å². The molecular weight excluding hydrogens is 340 g/mol. The van der Waals surface area contributed by atoms with Gasteiger partial charge in [0.15, 0.2) is 0 Å². The van der Waals surface area contributed by atoms with Crippen molar-refractivity contribution in [2.24, 2.45) is 7.05 Å². The minimum Gasteiger partial charge on any atom is -0.374 e. The van der Waals surface area contributed by atoms with Gasteiger partial charge < -0.3 is 20.1 Å². The van der Waals surface area contributed by atoms with Crippen LogP contribution in [0.2, 0.25) is 0 Å². The van der Waals surface area contributed by atoms with E-state index >= 15 is 0 Å². The third-order valence-electron chi connectivity index (χ3n) is 5.17. The number of hydrogen-bond donors (Lipinski definition) is 2. The average molecular weight is 362 g/mol. The SMILES string of the molecule is CN1CCC(NC(=O)Nc2ccc3ccc(=O)n(C)c3c2)c2ccccc21. The van der Waals surface area contributed by atoms with Crippen LogP contribution in [0.5, 0.6) is 0 Å². The van der Waals surface area contributed by atoms with Crippen molar-refractivity contribution in [2.75, 3.05) is 23.8 Å². The first-order valence-corrected chi connectivity index (χ1v) is 9.00. The standard InChI is InChI=1S/C21H22N4O2/c1-24-12-11-17(16-5-3-4-6-18(16)24)23-21(27)22-15-9-7-14-8-10-20(26)25(2)19(14)13-15/h3-10,13,17H,11-12H2,1-2H3,(H2,22,23,27). The van der Waals surface area contributed by atoms with E-state index in [0.717, 1.165) is 35.1 Å². The zero-order valence-corrected chi connectivity index (χ0v) is 15.4. The molecule has 2 heterocycles. The highest BCUT2D eigenvalue weighted by Crippen LogP contribution is 2.32. The average Bonchev–Trinajstić information content (AvgIpc) is 2.67. The van der Waals surface area contributed by atoms with Crippen LogP contribution in [0.25, 0.3) is 10.9 Å². The van der Waals surface area contributed by atoms with Gasteiger partial charge in [0, 0.05) is 38.1 Å². The molecule has 0 bridgehead atoms. The summed E-state index contributed by atoms with van der Waals surface area (Å²) in [5, 5.41) is 6.92. The lowest BCUT2D eigenvalue weighted by atomic mass is 9.97. The Labute approximate surface area is 157 Å². The summed E-state index contributed by atoms with van der Waals surface area (Å²) >= 11 is 0. The molecule has 2 aromatic carbocycles. The predicted octanol–water partition coefficient (Wildman–Crippen LogP) is 3.24. The first-order chi connectivity index (χ1) is 13.0. The molecule has 1 aliphatic rings. The topological polar surface area (TPSA) is 66.4 Å². The van der Waals surface area contributed by atoms with Crippen LogP contribution in [0, 0.1) is 0 Å². The number of nitrogens with zero attached hydrogens (tertiary/aromatic N) is 2. The molecule has 0 saturated carbocycles. The number of benzene rings is 2. The number of aromatic nitrogens is 1. The Morgan fingerprint density at radius 1 is 1.07 bits per heavy atom. The van der Waals surface area contributed by atoms with Crippen LogP contribution >= 0.6 is 0 Å². The molecule has 2 N–H and O–H groups in total. The zero-order valence-electron chi connectivity index (χ0n) is 15.4. The van der Waals surface area contributed by atoms with Gasteiger partial charge in [0.2, 0.25) is 0 Å². The lowest BCUT2D eigenvalue weighted by molar-refractivity contribution is 0.247. The molecule has 27 heavy (non-hydrogen) atoms. The van der Waals surface area contributed by atoms with Crippen LogP contribution in [0.15, 0.2) is 59.4 Å². The number of nitrogens with one attached hydrogen (secondary N) is 2. The van der Waals surface area contributed by atoms with Crippen molar-refractivity contribution < 1.29 is 4.79 Å². The van der Waals surface area contributed by atoms with Gasteiger partial charge in [-0.15, -0.1) is 0 Å². The molecule has 6 heteroatoms. The van der Waals surface area contributed by atoms with Crippen LogP contribution in [-0.4, -0.2) is 24.2 Å². The van der Waals surface area contributed by atoms with Crippen molar-refractivity contribution in [1.29, 1.82) is 0 Å². The molecule has 0 aliphatic carbocycles. The van der Waals surface area contributed by atoms with Crippen LogP contribution in [0.1, 0.15) is 18.0 Å². The van der Waals surface area contributed by atoms with E-state index in [-0.39, 0.29) is 17.6 Å². The Morgan fingerprint density at radius 2 is 1.85 bits per heavy atom. The molecule has 0 fully saturated rings. The minimum absolute atomic E-state index is 0.0257. The molecule has 1 aliphatic heterocycles. The fraction of sp³-hybridized carbons (Fsp3) is 0.238. The van der Waals surface area contributed by atoms with Gasteiger partial charge in [0.25, 0.3) is 5.56 Å². The Balaban J connectivity index is 1.54. The van der Waals surface area contributed by atoms with Gasteiger partial charge in [-0.25, -0.2) is 4.79 Å². The van der Waals surface area contributed by atoms with E-state index in [1.165, 1.54) is 0 Å². The molecular formula is C21H22N4O2. The van der Waals surface area contributed by atoms with E-state index in [1.807, 2.05) is 30.3 Å². The molecule has 0 saturated heterocycles. The van der Waals surface area contributed by atoms with Crippen LogP contribution < -0.4 is 21.1 Å². The van der Waals surface area contributed by atoms with Gasteiger partial charge in [0.1, 0.15) is 0 Å². The zero-order chi connectivity index (χ0) is 19.0. The van der Waals surface area contributed by atoms with Gasteiger partial charge in [-0.3, -0.25) is 4.79 Å². The Morgan fingerprint density at radius 3 is 2.70 bits per heavy atom. The molecule has 2 amide bonds. The lowest BCUT2D eigenvalue weighted by Gasteiger charge is -2.33. The summed E-state index contributed by atoms with van der Waals surface area (Å²) in [4.78, 5) is 26.6. The van der Waals surface area contributed by atoms with E-state index in [4.69, 9.17) is 0 Å². The number of amides is 2. The van der Waals surface area contributed by atoms with Crippen LogP contribution in [-0.2, 0) is 7.05 Å². The number of rotatable bonds is 2. The van der Waals surface area contributed by atoms with Crippen molar-refractivity contribution in [2.45, 2.75) is 12.5 Å². The number of urea groups is 1. The molecule has 0 radical (unpaired) electrons. The highest BCUT2D eigenvalue weighted by Gasteiger charge is 2.24. The normalized spacial score (nSPS) is 16.1. The second-order valence-corrected chi connectivity index (χ2v) is 6.92. The molecule has 4 rings (SSSR count). The number of carbonyl (C=O) groups is 1. The quantitative estimate of drug-likeness (QED) is 0.735. The maximum atomic E-state index is 12.6. The van der Waals surface area contributed by atoms with Gasteiger partial charge in [-0.2, -0.15) is 0 Å². The monoisotopic (exact) mass is 362 g/mol. The van der Waals surface area contributed by atoms with Gasteiger partial charge in [0.05, 0.1) is 11.6 Å². The van der Waals surface area contributed by atoms with Gasteiger partial charge in [-0.1, -0.05) is 24.3 Å². The fourth-order valence-corrected chi connectivity index (χ4v) is 3.65. The highest BCUT2D eigenvalue weighted by molar-refractivity contribution is 5.93. The molecule has 0 spiro atoms. The van der Waals surface area contributed by atoms with E-state index in [1.54, 1.807) is 23.7 Å². The maximum absolute atomic E-state index is 12.6. The summed E-state index contributed by atoms with van der Waals surface area (Å²) in [6.07, 6.45) is 0.854. The number of aryl methyl sites for hydroxylation is 1. The van der Waals surface area contributed by atoms with E-state index < -0.39 is 0 Å². The summed E-state index contributed by atoms with van der Waals surface area (Å²) in [5.74, 6) is 0. The first-order valence-electron chi connectivity index (χ1n) is 9.00. The summed E-state index contributed by atoms with van der Waals surface area (Å²) in [5.41, 5.74) is 3.64. The second-order valence-electron chi connectivity index (χ2n) is 6.92. The van der Waals surface area contributed by atoms with E-state index in [9.17, 15) is 9.59 Å². The van der Waals surface area contributed by atoms with E-state index in [2.05, 4.69) is 34.7 Å². The number of carbonyl (C=O) groups excluding carboxylic acids is 1.